The quantitative estimate of drug-likeness (QED) is 0.392. The number of amides is 1. The number of aliphatic imine (C=N–C) groups is 1. The minimum Gasteiger partial charge on any atom is -0.357 e. The minimum absolute atomic E-state index is 0. The molecule has 2 N–H and O–H groups in total. The number of carbonyl (C=O) groups is 1. The summed E-state index contributed by atoms with van der Waals surface area (Å²) in [7, 11) is 0. The van der Waals surface area contributed by atoms with Gasteiger partial charge in [-0.1, -0.05) is 30.3 Å². The Morgan fingerprint density at radius 3 is 2.28 bits per heavy atom. The van der Waals surface area contributed by atoms with Crippen molar-refractivity contribution in [1.29, 1.82) is 0 Å². The van der Waals surface area contributed by atoms with Crippen LogP contribution >= 0.6 is 24.0 Å². The van der Waals surface area contributed by atoms with E-state index in [9.17, 15) is 4.79 Å². The van der Waals surface area contributed by atoms with E-state index in [0.717, 1.165) is 45.4 Å². The topological polar surface area (TPSA) is 56.7 Å². The van der Waals surface area contributed by atoms with Crippen LogP contribution in [0.5, 0.6) is 0 Å². The minimum atomic E-state index is 0. The summed E-state index contributed by atoms with van der Waals surface area (Å²) in [6.45, 7) is 7.56. The second kappa shape index (κ2) is 12.1. The average Bonchev–Trinajstić information content (AvgIpc) is 2.61. The highest BCUT2D eigenvalue weighted by molar-refractivity contribution is 14.0. The van der Waals surface area contributed by atoms with E-state index in [1.165, 1.54) is 5.56 Å². The molecule has 1 amide bonds. The fourth-order valence-corrected chi connectivity index (χ4v) is 3.09. The summed E-state index contributed by atoms with van der Waals surface area (Å²) in [5.74, 6) is 1.52. The molecule has 0 atom stereocenters. The van der Waals surface area contributed by atoms with Crippen LogP contribution in [-0.4, -0.2) is 49.5 Å². The fourth-order valence-electron chi connectivity index (χ4n) is 3.09. The van der Waals surface area contributed by atoms with Crippen molar-refractivity contribution in [2.45, 2.75) is 33.1 Å². The van der Waals surface area contributed by atoms with Gasteiger partial charge in [-0.15, -0.1) is 24.0 Å². The molecule has 1 fully saturated rings. The zero-order chi connectivity index (χ0) is 17.2. The van der Waals surface area contributed by atoms with Crippen LogP contribution in [0.3, 0.4) is 0 Å². The molecule has 1 aliphatic rings. The third-order valence-electron chi connectivity index (χ3n) is 4.40. The summed E-state index contributed by atoms with van der Waals surface area (Å²) in [5.41, 5.74) is 1.40. The van der Waals surface area contributed by atoms with E-state index >= 15 is 0 Å². The van der Waals surface area contributed by atoms with Crippen molar-refractivity contribution in [2.24, 2.45) is 10.9 Å². The molecule has 0 unspecified atom stereocenters. The molecule has 1 aromatic carbocycles. The molecule has 0 saturated carbocycles. The molecule has 0 radical (unpaired) electrons. The Morgan fingerprint density at radius 2 is 1.72 bits per heavy atom. The molecule has 6 heteroatoms. The Kier molecular flexibility index (Phi) is 10.5. The Hall–Kier alpha value is -1.31. The predicted molar refractivity (Wildman–Crippen MR) is 115 cm³/mol. The third kappa shape index (κ3) is 7.63. The van der Waals surface area contributed by atoms with Crippen LogP contribution in [0.1, 0.15) is 32.3 Å². The van der Waals surface area contributed by atoms with Crippen molar-refractivity contribution in [2.75, 3.05) is 32.7 Å². The van der Waals surface area contributed by atoms with Gasteiger partial charge < -0.3 is 15.5 Å². The van der Waals surface area contributed by atoms with E-state index in [2.05, 4.69) is 46.0 Å². The van der Waals surface area contributed by atoms with E-state index in [4.69, 9.17) is 0 Å². The number of nitrogens with zero attached hydrogens (tertiary/aromatic N) is 2. The van der Waals surface area contributed by atoms with Crippen molar-refractivity contribution in [3.05, 3.63) is 35.9 Å². The largest absolute Gasteiger partial charge is 0.357 e. The van der Waals surface area contributed by atoms with Gasteiger partial charge in [0.1, 0.15) is 6.54 Å². The molecule has 140 valence electrons. The number of piperidine rings is 1. The van der Waals surface area contributed by atoms with E-state index < -0.39 is 0 Å². The zero-order valence-electron chi connectivity index (χ0n) is 15.3. The Bertz CT molecular complexity index is 519. The van der Waals surface area contributed by atoms with Crippen LogP contribution in [0.15, 0.2) is 35.3 Å². The lowest BCUT2D eigenvalue weighted by Crippen LogP contribution is -2.42. The number of halogens is 1. The third-order valence-corrected chi connectivity index (χ3v) is 4.40. The molecular formula is C19H31IN4O. The number of guanidine groups is 1. The highest BCUT2D eigenvalue weighted by Gasteiger charge is 2.22. The van der Waals surface area contributed by atoms with Crippen molar-refractivity contribution in [3.63, 3.8) is 0 Å². The first-order chi connectivity index (χ1) is 11.7. The molecule has 0 bridgehead atoms. The number of benzene rings is 1. The first-order valence-corrected chi connectivity index (χ1v) is 9.06. The number of likely N-dealkylation sites (tertiary alicyclic amines) is 1. The van der Waals surface area contributed by atoms with Gasteiger partial charge in [-0.2, -0.15) is 0 Å². The van der Waals surface area contributed by atoms with Crippen LogP contribution in [0.4, 0.5) is 0 Å². The number of nitrogens with one attached hydrogen (secondary N) is 2. The van der Waals surface area contributed by atoms with Gasteiger partial charge in [0.15, 0.2) is 5.96 Å². The van der Waals surface area contributed by atoms with Crippen LogP contribution in [0, 0.1) is 5.92 Å². The Labute approximate surface area is 168 Å². The molecule has 1 saturated heterocycles. The van der Waals surface area contributed by atoms with Gasteiger partial charge in [0, 0.05) is 26.2 Å². The second-order valence-electron chi connectivity index (χ2n) is 6.24. The molecule has 0 aliphatic carbocycles. The van der Waals surface area contributed by atoms with Gasteiger partial charge in [-0.3, -0.25) is 4.79 Å². The highest BCUT2D eigenvalue weighted by Crippen LogP contribution is 2.21. The summed E-state index contributed by atoms with van der Waals surface area (Å²) in [4.78, 5) is 18.7. The normalized spacial score (nSPS) is 14.4. The molecule has 1 aliphatic heterocycles. The maximum absolute atomic E-state index is 12.3. The summed E-state index contributed by atoms with van der Waals surface area (Å²) in [6, 6.07) is 10.6. The van der Waals surface area contributed by atoms with Gasteiger partial charge in [0.25, 0.3) is 0 Å². The molecular weight excluding hydrogens is 427 g/mol. The Morgan fingerprint density at radius 1 is 1.12 bits per heavy atom. The van der Waals surface area contributed by atoms with Gasteiger partial charge in [-0.05, 0) is 44.6 Å². The van der Waals surface area contributed by atoms with Crippen LogP contribution < -0.4 is 10.6 Å². The lowest BCUT2D eigenvalue weighted by Gasteiger charge is -2.31. The maximum Gasteiger partial charge on any atom is 0.244 e. The van der Waals surface area contributed by atoms with Crippen molar-refractivity contribution < 1.29 is 4.79 Å². The molecule has 2 rings (SSSR count). The Balaban J connectivity index is 0.00000312. The molecule has 5 nitrogen and oxygen atoms in total. The van der Waals surface area contributed by atoms with Gasteiger partial charge in [-0.25, -0.2) is 4.99 Å². The summed E-state index contributed by atoms with van der Waals surface area (Å²) >= 11 is 0. The zero-order valence-corrected chi connectivity index (χ0v) is 17.7. The maximum atomic E-state index is 12.3. The van der Waals surface area contributed by atoms with E-state index in [0.29, 0.717) is 11.9 Å². The van der Waals surface area contributed by atoms with Crippen LogP contribution in [0.25, 0.3) is 0 Å². The predicted octanol–water partition coefficient (Wildman–Crippen LogP) is 2.66. The van der Waals surface area contributed by atoms with Crippen LogP contribution in [0.2, 0.25) is 0 Å². The summed E-state index contributed by atoms with van der Waals surface area (Å²) in [5, 5.41) is 6.29. The van der Waals surface area contributed by atoms with Gasteiger partial charge in [0.05, 0.1) is 0 Å². The lowest BCUT2D eigenvalue weighted by atomic mass is 9.90. The highest BCUT2D eigenvalue weighted by atomic mass is 127. The van der Waals surface area contributed by atoms with Crippen molar-refractivity contribution >= 4 is 35.8 Å². The van der Waals surface area contributed by atoms with Gasteiger partial charge in [0.2, 0.25) is 5.91 Å². The molecule has 1 aromatic rings. The monoisotopic (exact) mass is 458 g/mol. The molecule has 0 aromatic heterocycles. The number of hydrogen-bond acceptors (Lipinski definition) is 2. The lowest BCUT2D eigenvalue weighted by molar-refractivity contribution is -0.130. The summed E-state index contributed by atoms with van der Waals surface area (Å²) < 4.78 is 0. The first-order valence-electron chi connectivity index (χ1n) is 9.06. The van der Waals surface area contributed by atoms with Crippen molar-refractivity contribution in [1.82, 2.24) is 15.5 Å². The van der Waals surface area contributed by atoms with Crippen LogP contribution in [-0.2, 0) is 11.2 Å². The number of rotatable bonds is 6. The average molecular weight is 458 g/mol. The smallest absolute Gasteiger partial charge is 0.244 e. The summed E-state index contributed by atoms with van der Waals surface area (Å²) in [6.07, 6.45) is 3.28. The fraction of sp³-hybridized carbons (Fsp3) is 0.579. The van der Waals surface area contributed by atoms with E-state index in [1.54, 1.807) is 0 Å². The van der Waals surface area contributed by atoms with Crippen molar-refractivity contribution in [3.8, 4) is 0 Å². The van der Waals surface area contributed by atoms with Gasteiger partial charge >= 0.3 is 0 Å². The molecule has 0 spiro atoms. The van der Waals surface area contributed by atoms with E-state index in [1.807, 2.05) is 18.7 Å². The van der Waals surface area contributed by atoms with E-state index in [-0.39, 0.29) is 36.4 Å². The second-order valence-corrected chi connectivity index (χ2v) is 6.24. The first kappa shape index (κ1) is 21.7. The standard InChI is InChI=1S/C19H30N4O.HI/c1-3-20-19(21-4-2)22-15-18(24)23-12-10-17(11-13-23)14-16-8-6-5-7-9-16;/h5-9,17H,3-4,10-15H2,1-2H3,(H2,20,21,22);1H. The molecule has 25 heavy (non-hydrogen) atoms. The number of carbonyl (C=O) groups excluding carboxylic acids is 1. The SMILES string of the molecule is CCNC(=NCC(=O)N1CCC(Cc2ccccc2)CC1)NCC.I. The molecule has 1 heterocycles. The number of hydrogen-bond donors (Lipinski definition) is 2.